The van der Waals surface area contributed by atoms with Gasteiger partial charge in [0.2, 0.25) is 0 Å². The summed E-state index contributed by atoms with van der Waals surface area (Å²) >= 11 is 6.09. The van der Waals surface area contributed by atoms with Crippen LogP contribution in [-0.2, 0) is 4.79 Å². The van der Waals surface area contributed by atoms with E-state index in [1.54, 1.807) is 25.1 Å². The van der Waals surface area contributed by atoms with E-state index in [1.807, 2.05) is 42.5 Å². The number of benzene rings is 3. The molecule has 1 aliphatic heterocycles. The van der Waals surface area contributed by atoms with Crippen molar-refractivity contribution in [3.8, 4) is 5.75 Å². The summed E-state index contributed by atoms with van der Waals surface area (Å²) in [6.07, 6.45) is 0. The van der Waals surface area contributed by atoms with Gasteiger partial charge in [-0.3, -0.25) is 4.79 Å². The van der Waals surface area contributed by atoms with Crippen LogP contribution in [0.3, 0.4) is 0 Å². The summed E-state index contributed by atoms with van der Waals surface area (Å²) < 4.78 is 5.33. The predicted molar refractivity (Wildman–Crippen MR) is 118 cm³/mol. The first kappa shape index (κ1) is 19.8. The van der Waals surface area contributed by atoms with E-state index in [-0.39, 0.29) is 11.9 Å². The van der Waals surface area contributed by atoms with Gasteiger partial charge >= 0.3 is 6.03 Å². The molecule has 1 aliphatic rings. The minimum Gasteiger partial charge on any atom is -0.495 e. The normalized spacial score (nSPS) is 16.1. The molecule has 0 saturated carbocycles. The summed E-state index contributed by atoms with van der Waals surface area (Å²) in [5, 5.41) is 10.9. The van der Waals surface area contributed by atoms with Crippen LogP contribution >= 0.6 is 11.6 Å². The third-order valence-electron chi connectivity index (χ3n) is 5.06. The Bertz CT molecular complexity index is 1180. The van der Waals surface area contributed by atoms with Gasteiger partial charge in [-0.2, -0.15) is 0 Å². The number of anilines is 1. The van der Waals surface area contributed by atoms with Crippen molar-refractivity contribution in [3.05, 3.63) is 82.5 Å². The van der Waals surface area contributed by atoms with Crippen LogP contribution in [0.15, 0.2) is 71.9 Å². The van der Waals surface area contributed by atoms with Gasteiger partial charge in [-0.05, 0) is 41.5 Å². The van der Waals surface area contributed by atoms with Gasteiger partial charge in [0.25, 0.3) is 5.91 Å². The van der Waals surface area contributed by atoms with Crippen LogP contribution in [0.25, 0.3) is 10.8 Å². The van der Waals surface area contributed by atoms with Crippen molar-refractivity contribution in [3.63, 3.8) is 0 Å². The minimum absolute atomic E-state index is 0.359. The highest BCUT2D eigenvalue weighted by molar-refractivity contribution is 6.31. The third-order valence-corrected chi connectivity index (χ3v) is 5.29. The first-order valence-corrected chi connectivity index (χ1v) is 9.76. The molecule has 30 heavy (non-hydrogen) atoms. The smallest absolute Gasteiger partial charge is 0.319 e. The zero-order valence-corrected chi connectivity index (χ0v) is 17.2. The molecular formula is C23H20ClN3O3. The fraction of sp³-hybridized carbons (Fsp3) is 0.130. The zero-order valence-electron chi connectivity index (χ0n) is 16.5. The van der Waals surface area contributed by atoms with Crippen LogP contribution in [0.2, 0.25) is 5.02 Å². The Hall–Kier alpha value is -3.51. The number of allylic oxidation sites excluding steroid dienone is 1. The molecule has 7 heteroatoms. The van der Waals surface area contributed by atoms with E-state index in [2.05, 4.69) is 16.0 Å². The lowest BCUT2D eigenvalue weighted by molar-refractivity contribution is -0.113. The quantitative estimate of drug-likeness (QED) is 0.567. The minimum atomic E-state index is -0.616. The van der Waals surface area contributed by atoms with E-state index in [1.165, 1.54) is 7.11 Å². The number of rotatable bonds is 4. The fourth-order valence-electron chi connectivity index (χ4n) is 3.70. The van der Waals surface area contributed by atoms with Crippen molar-refractivity contribution in [2.24, 2.45) is 0 Å². The highest BCUT2D eigenvalue weighted by atomic mass is 35.5. The number of methoxy groups -OCH3 is 1. The van der Waals surface area contributed by atoms with Gasteiger partial charge in [0.15, 0.2) is 0 Å². The van der Waals surface area contributed by atoms with Gasteiger partial charge < -0.3 is 20.7 Å². The maximum absolute atomic E-state index is 13.3. The van der Waals surface area contributed by atoms with E-state index in [9.17, 15) is 9.59 Å². The second kappa shape index (κ2) is 8.08. The molecule has 0 aliphatic carbocycles. The van der Waals surface area contributed by atoms with E-state index in [0.29, 0.717) is 27.7 Å². The average molecular weight is 422 g/mol. The number of halogens is 1. The lowest BCUT2D eigenvalue weighted by Gasteiger charge is -2.29. The molecule has 152 valence electrons. The van der Waals surface area contributed by atoms with Crippen LogP contribution < -0.4 is 20.7 Å². The molecule has 0 radical (unpaired) electrons. The molecule has 3 aromatic carbocycles. The molecule has 1 heterocycles. The van der Waals surface area contributed by atoms with Crippen LogP contribution in [0.5, 0.6) is 5.75 Å². The fourth-order valence-corrected chi connectivity index (χ4v) is 3.87. The van der Waals surface area contributed by atoms with Crippen molar-refractivity contribution in [2.75, 3.05) is 12.4 Å². The summed E-state index contributed by atoms with van der Waals surface area (Å²) in [5.41, 5.74) is 2.18. The van der Waals surface area contributed by atoms with Gasteiger partial charge in [0.1, 0.15) is 5.75 Å². The Morgan fingerprint density at radius 1 is 1.10 bits per heavy atom. The molecule has 3 amide bonds. The Labute approximate surface area is 178 Å². The molecule has 3 aromatic rings. The highest BCUT2D eigenvalue weighted by Gasteiger charge is 2.32. The summed E-state index contributed by atoms with van der Waals surface area (Å²) in [6, 6.07) is 17.7. The molecule has 4 rings (SSSR count). The molecule has 0 fully saturated rings. The van der Waals surface area contributed by atoms with Crippen LogP contribution in [-0.4, -0.2) is 19.0 Å². The first-order valence-electron chi connectivity index (χ1n) is 9.39. The van der Waals surface area contributed by atoms with Gasteiger partial charge in [-0.1, -0.05) is 54.1 Å². The predicted octanol–water partition coefficient (Wildman–Crippen LogP) is 4.77. The maximum atomic E-state index is 13.3. The van der Waals surface area contributed by atoms with Crippen molar-refractivity contribution < 1.29 is 14.3 Å². The number of urea groups is 1. The van der Waals surface area contributed by atoms with Gasteiger partial charge in [-0.15, -0.1) is 0 Å². The lowest BCUT2D eigenvalue weighted by Crippen LogP contribution is -2.46. The van der Waals surface area contributed by atoms with Crippen molar-refractivity contribution >= 4 is 40.0 Å². The molecule has 1 unspecified atom stereocenters. The average Bonchev–Trinajstić information content (AvgIpc) is 2.73. The number of hydrogen-bond donors (Lipinski definition) is 3. The monoisotopic (exact) mass is 421 g/mol. The largest absolute Gasteiger partial charge is 0.495 e. The molecule has 1 atom stereocenters. The van der Waals surface area contributed by atoms with Crippen molar-refractivity contribution in [2.45, 2.75) is 13.0 Å². The Kier molecular flexibility index (Phi) is 5.33. The third kappa shape index (κ3) is 3.69. The van der Waals surface area contributed by atoms with E-state index in [4.69, 9.17) is 16.3 Å². The van der Waals surface area contributed by atoms with Crippen molar-refractivity contribution in [1.82, 2.24) is 10.6 Å². The number of nitrogens with one attached hydrogen (secondary N) is 3. The van der Waals surface area contributed by atoms with Crippen LogP contribution in [0, 0.1) is 0 Å². The van der Waals surface area contributed by atoms with E-state index >= 15 is 0 Å². The summed E-state index contributed by atoms with van der Waals surface area (Å²) in [4.78, 5) is 25.6. The summed E-state index contributed by atoms with van der Waals surface area (Å²) in [6.45, 7) is 1.71. The summed E-state index contributed by atoms with van der Waals surface area (Å²) in [7, 11) is 1.52. The lowest BCUT2D eigenvalue weighted by atomic mass is 9.91. The Morgan fingerprint density at radius 2 is 1.87 bits per heavy atom. The SMILES string of the molecule is COc1ccc(Cl)cc1NC(=O)C1=C(C)NC(=O)NC1c1cccc2ccccc12. The van der Waals surface area contributed by atoms with Gasteiger partial charge in [-0.25, -0.2) is 4.79 Å². The molecule has 0 aromatic heterocycles. The number of carbonyl (C=O) groups excluding carboxylic acids is 2. The van der Waals surface area contributed by atoms with Crippen molar-refractivity contribution in [1.29, 1.82) is 0 Å². The number of hydrogen-bond acceptors (Lipinski definition) is 3. The standard InChI is InChI=1S/C23H20ClN3O3/c1-13-20(22(28)26-18-12-15(24)10-11-19(18)30-2)21(27-23(29)25-13)17-9-5-7-14-6-3-4-8-16(14)17/h3-12,21H,1-2H3,(H,26,28)(H2,25,27,29). The van der Waals surface area contributed by atoms with E-state index < -0.39 is 6.04 Å². The van der Waals surface area contributed by atoms with Crippen LogP contribution in [0.4, 0.5) is 10.5 Å². The number of amides is 3. The molecule has 0 saturated heterocycles. The van der Waals surface area contributed by atoms with E-state index in [0.717, 1.165) is 16.3 Å². The Morgan fingerprint density at radius 3 is 2.67 bits per heavy atom. The zero-order chi connectivity index (χ0) is 21.3. The molecule has 0 bridgehead atoms. The second-order valence-corrected chi connectivity index (χ2v) is 7.37. The number of ether oxygens (including phenoxy) is 1. The van der Waals surface area contributed by atoms with Gasteiger partial charge in [0, 0.05) is 10.7 Å². The number of fused-ring (bicyclic) bond motifs is 1. The topological polar surface area (TPSA) is 79.5 Å². The van der Waals surface area contributed by atoms with Gasteiger partial charge in [0.05, 0.1) is 24.4 Å². The second-order valence-electron chi connectivity index (χ2n) is 6.94. The highest BCUT2D eigenvalue weighted by Crippen LogP contribution is 2.34. The first-order chi connectivity index (χ1) is 14.5. The number of carbonyl (C=O) groups is 2. The van der Waals surface area contributed by atoms with Crippen LogP contribution in [0.1, 0.15) is 18.5 Å². The Balaban J connectivity index is 1.78. The molecule has 0 spiro atoms. The molecule has 3 N–H and O–H groups in total. The maximum Gasteiger partial charge on any atom is 0.319 e. The summed E-state index contributed by atoms with van der Waals surface area (Å²) in [5.74, 6) is 0.124. The molecule has 6 nitrogen and oxygen atoms in total. The molecular weight excluding hydrogens is 402 g/mol.